The molecule has 20 heavy (non-hydrogen) atoms. The van der Waals surface area contributed by atoms with Gasteiger partial charge in [0.2, 0.25) is 11.8 Å². The van der Waals surface area contributed by atoms with Crippen molar-refractivity contribution in [3.8, 4) is 0 Å². The number of halogens is 1. The topological polar surface area (TPSA) is 49.4 Å². The van der Waals surface area contributed by atoms with Crippen LogP contribution in [-0.4, -0.2) is 29.8 Å². The Morgan fingerprint density at radius 1 is 1.60 bits per heavy atom. The lowest BCUT2D eigenvalue weighted by Gasteiger charge is -2.28. The first-order chi connectivity index (χ1) is 9.60. The molecule has 1 saturated heterocycles. The van der Waals surface area contributed by atoms with E-state index in [-0.39, 0.29) is 17.7 Å². The number of hydrogen-bond donors (Lipinski definition) is 1. The first-order valence-electron chi connectivity index (χ1n) is 6.50. The van der Waals surface area contributed by atoms with Crippen molar-refractivity contribution in [3.05, 3.63) is 34.0 Å². The van der Waals surface area contributed by atoms with E-state index in [1.807, 2.05) is 12.1 Å². The summed E-state index contributed by atoms with van der Waals surface area (Å²) >= 11 is 7.39. The molecule has 0 bridgehead atoms. The van der Waals surface area contributed by atoms with Gasteiger partial charge >= 0.3 is 0 Å². The third-order valence-corrected chi connectivity index (χ3v) is 4.47. The summed E-state index contributed by atoms with van der Waals surface area (Å²) in [4.78, 5) is 26.5. The summed E-state index contributed by atoms with van der Waals surface area (Å²) in [7, 11) is 0. The summed E-state index contributed by atoms with van der Waals surface area (Å²) in [6.07, 6.45) is 2.75. The minimum atomic E-state index is -0.136. The zero-order chi connectivity index (χ0) is 14.5. The van der Waals surface area contributed by atoms with Crippen LogP contribution < -0.4 is 5.32 Å². The van der Waals surface area contributed by atoms with Crippen LogP contribution in [0, 0.1) is 5.92 Å². The van der Waals surface area contributed by atoms with Crippen LogP contribution >= 0.6 is 22.9 Å². The van der Waals surface area contributed by atoms with Crippen molar-refractivity contribution in [2.75, 3.05) is 13.1 Å². The van der Waals surface area contributed by atoms with Crippen LogP contribution in [0.15, 0.2) is 24.8 Å². The standard InChI is InChI=1S/C14H17ClN2O2S/c1-2-7-17(9-11-4-5-12(15)20-11)14(19)10-3-6-13(18)16-8-10/h2,4-5,10H,1,3,6-9H2,(H,16,18). The van der Waals surface area contributed by atoms with Crippen molar-refractivity contribution in [2.45, 2.75) is 19.4 Å². The second-order valence-corrected chi connectivity index (χ2v) is 6.55. The molecule has 0 spiro atoms. The molecule has 2 rings (SSSR count). The van der Waals surface area contributed by atoms with Gasteiger partial charge in [0.15, 0.2) is 0 Å². The summed E-state index contributed by atoms with van der Waals surface area (Å²) in [5.41, 5.74) is 0. The number of carbonyl (C=O) groups is 2. The molecular formula is C14H17ClN2O2S. The third-order valence-electron chi connectivity index (χ3n) is 3.25. The van der Waals surface area contributed by atoms with Gasteiger partial charge in [0.25, 0.3) is 0 Å². The number of piperidine rings is 1. The van der Waals surface area contributed by atoms with Gasteiger partial charge in [-0.05, 0) is 18.6 Å². The normalized spacial score (nSPS) is 18.4. The molecule has 1 aromatic heterocycles. The number of thiophene rings is 1. The Kier molecular flexibility index (Phi) is 5.20. The molecule has 1 aliphatic rings. The van der Waals surface area contributed by atoms with Crippen molar-refractivity contribution in [1.82, 2.24) is 10.2 Å². The maximum atomic E-state index is 12.5. The summed E-state index contributed by atoms with van der Waals surface area (Å²) in [5.74, 6) is -0.0492. The smallest absolute Gasteiger partial charge is 0.228 e. The number of carbonyl (C=O) groups excluding carboxylic acids is 2. The third kappa shape index (κ3) is 3.84. The van der Waals surface area contributed by atoms with Gasteiger partial charge in [-0.25, -0.2) is 0 Å². The van der Waals surface area contributed by atoms with Crippen LogP contribution in [-0.2, 0) is 16.1 Å². The van der Waals surface area contributed by atoms with Gasteiger partial charge in [0.1, 0.15) is 0 Å². The van der Waals surface area contributed by atoms with Crippen LogP contribution in [0.5, 0.6) is 0 Å². The van der Waals surface area contributed by atoms with Crippen molar-refractivity contribution in [3.63, 3.8) is 0 Å². The number of nitrogens with zero attached hydrogens (tertiary/aromatic N) is 1. The minimum Gasteiger partial charge on any atom is -0.355 e. The molecule has 1 fully saturated rings. The van der Waals surface area contributed by atoms with Crippen LogP contribution in [0.25, 0.3) is 0 Å². The zero-order valence-corrected chi connectivity index (χ0v) is 12.7. The largest absolute Gasteiger partial charge is 0.355 e. The molecule has 1 atom stereocenters. The highest BCUT2D eigenvalue weighted by Gasteiger charge is 2.28. The van der Waals surface area contributed by atoms with Crippen LogP contribution in [0.2, 0.25) is 4.34 Å². The van der Waals surface area contributed by atoms with Gasteiger partial charge in [-0.15, -0.1) is 17.9 Å². The lowest BCUT2D eigenvalue weighted by atomic mass is 9.97. The van der Waals surface area contributed by atoms with Crippen molar-refractivity contribution in [2.24, 2.45) is 5.92 Å². The Bertz CT molecular complexity index is 505. The molecule has 0 aliphatic carbocycles. The highest BCUT2D eigenvalue weighted by molar-refractivity contribution is 7.16. The fourth-order valence-corrected chi connectivity index (χ4v) is 3.32. The minimum absolute atomic E-state index is 0.0226. The average Bonchev–Trinajstić information content (AvgIpc) is 2.84. The van der Waals surface area contributed by atoms with Crippen molar-refractivity contribution in [1.29, 1.82) is 0 Å². The Morgan fingerprint density at radius 2 is 2.40 bits per heavy atom. The van der Waals surface area contributed by atoms with E-state index in [1.54, 1.807) is 11.0 Å². The van der Waals surface area contributed by atoms with Crippen LogP contribution in [0.3, 0.4) is 0 Å². The van der Waals surface area contributed by atoms with E-state index in [4.69, 9.17) is 11.6 Å². The Hall–Kier alpha value is -1.33. The van der Waals surface area contributed by atoms with Gasteiger partial charge in [0, 0.05) is 24.4 Å². The molecule has 0 radical (unpaired) electrons. The zero-order valence-electron chi connectivity index (χ0n) is 11.1. The summed E-state index contributed by atoms with van der Waals surface area (Å²) < 4.78 is 0.718. The first-order valence-corrected chi connectivity index (χ1v) is 7.70. The van der Waals surface area contributed by atoms with E-state index >= 15 is 0 Å². The number of nitrogens with one attached hydrogen (secondary N) is 1. The van der Waals surface area contributed by atoms with Gasteiger partial charge < -0.3 is 10.2 Å². The van der Waals surface area contributed by atoms with Gasteiger partial charge in [0.05, 0.1) is 16.8 Å². The highest BCUT2D eigenvalue weighted by atomic mass is 35.5. The fourth-order valence-electron chi connectivity index (χ4n) is 2.21. The first kappa shape index (κ1) is 15.1. The molecule has 2 amide bonds. The molecule has 0 aromatic carbocycles. The number of amides is 2. The summed E-state index contributed by atoms with van der Waals surface area (Å²) in [6.45, 7) is 5.16. The molecule has 0 saturated carbocycles. The maximum absolute atomic E-state index is 12.5. The Balaban J connectivity index is 2.01. The Morgan fingerprint density at radius 3 is 2.95 bits per heavy atom. The predicted octanol–water partition coefficient (Wildman–Crippen LogP) is 2.44. The molecule has 108 valence electrons. The Labute approximate surface area is 127 Å². The van der Waals surface area contributed by atoms with Gasteiger partial charge in [-0.3, -0.25) is 9.59 Å². The summed E-state index contributed by atoms with van der Waals surface area (Å²) in [5, 5.41) is 2.75. The molecule has 1 unspecified atom stereocenters. The lowest BCUT2D eigenvalue weighted by molar-refractivity contribution is -0.137. The second-order valence-electron chi connectivity index (χ2n) is 4.75. The molecular weight excluding hydrogens is 296 g/mol. The molecule has 1 aromatic rings. The van der Waals surface area contributed by atoms with Crippen molar-refractivity contribution < 1.29 is 9.59 Å². The molecule has 1 N–H and O–H groups in total. The average molecular weight is 313 g/mol. The van der Waals surface area contributed by atoms with Crippen LogP contribution in [0.4, 0.5) is 0 Å². The monoisotopic (exact) mass is 312 g/mol. The lowest BCUT2D eigenvalue weighted by Crippen LogP contribution is -2.44. The van der Waals surface area contributed by atoms with Gasteiger partial charge in [-0.2, -0.15) is 0 Å². The SMILES string of the molecule is C=CCN(Cc1ccc(Cl)s1)C(=O)C1CCC(=O)NC1. The van der Waals surface area contributed by atoms with E-state index < -0.39 is 0 Å². The fraction of sp³-hybridized carbons (Fsp3) is 0.429. The van der Waals surface area contributed by atoms with E-state index in [0.717, 1.165) is 9.21 Å². The highest BCUT2D eigenvalue weighted by Crippen LogP contribution is 2.24. The molecule has 6 heteroatoms. The quantitative estimate of drug-likeness (QED) is 0.849. The van der Waals surface area contributed by atoms with E-state index in [2.05, 4.69) is 11.9 Å². The van der Waals surface area contributed by atoms with Crippen molar-refractivity contribution >= 4 is 34.8 Å². The number of rotatable bonds is 5. The summed E-state index contributed by atoms with van der Waals surface area (Å²) in [6, 6.07) is 3.76. The predicted molar refractivity (Wildman–Crippen MR) is 80.7 cm³/mol. The van der Waals surface area contributed by atoms with Gasteiger partial charge in [-0.1, -0.05) is 17.7 Å². The molecule has 4 nitrogen and oxygen atoms in total. The maximum Gasteiger partial charge on any atom is 0.228 e. The second kappa shape index (κ2) is 6.90. The molecule has 1 aliphatic heterocycles. The van der Waals surface area contributed by atoms with Crippen LogP contribution in [0.1, 0.15) is 17.7 Å². The van der Waals surface area contributed by atoms with E-state index in [1.165, 1.54) is 11.3 Å². The molecule has 2 heterocycles. The van der Waals surface area contributed by atoms with E-state index in [9.17, 15) is 9.59 Å². The number of hydrogen-bond acceptors (Lipinski definition) is 3. The van der Waals surface area contributed by atoms with E-state index in [0.29, 0.717) is 32.5 Å².